The van der Waals surface area contributed by atoms with Gasteiger partial charge in [0.15, 0.2) is 0 Å². The van der Waals surface area contributed by atoms with Crippen LogP contribution in [0.2, 0.25) is 5.02 Å². The molecule has 0 unspecified atom stereocenters. The van der Waals surface area contributed by atoms with E-state index in [2.05, 4.69) is 5.32 Å². The molecule has 2 fully saturated rings. The maximum Gasteiger partial charge on any atom is 0.317 e. The van der Waals surface area contributed by atoms with Gasteiger partial charge in [-0.25, -0.2) is 13.2 Å². The Hall–Kier alpha value is -1.35. The summed E-state index contributed by atoms with van der Waals surface area (Å²) in [6.07, 6.45) is 2.03. The highest BCUT2D eigenvalue weighted by Crippen LogP contribution is 2.20. The molecule has 2 aliphatic rings. The summed E-state index contributed by atoms with van der Waals surface area (Å²) >= 11 is 5.82. The molecule has 7 nitrogen and oxygen atoms in total. The van der Waals surface area contributed by atoms with Gasteiger partial charge in [0.25, 0.3) is 0 Å². The monoisotopic (exact) mass is 401 g/mol. The van der Waals surface area contributed by atoms with Crippen molar-refractivity contribution in [3.63, 3.8) is 0 Å². The molecule has 0 spiro atoms. The number of carbonyl (C=O) groups excluding carboxylic acids is 1. The van der Waals surface area contributed by atoms with Crippen molar-refractivity contribution in [1.29, 1.82) is 0 Å². The van der Waals surface area contributed by atoms with Gasteiger partial charge in [0.1, 0.15) is 0 Å². The van der Waals surface area contributed by atoms with E-state index >= 15 is 0 Å². The second kappa shape index (κ2) is 8.12. The lowest BCUT2D eigenvalue weighted by atomic mass is 10.1. The van der Waals surface area contributed by atoms with Crippen LogP contribution in [0.3, 0.4) is 0 Å². The van der Waals surface area contributed by atoms with Crippen molar-refractivity contribution in [1.82, 2.24) is 14.5 Å². The quantitative estimate of drug-likeness (QED) is 0.836. The SMILES string of the molecule is C[C@H](NC(=O)N1CCN(S(=O)(=O)c2ccc(Cl)cc2)CC1)[C@H]1CCCO1. The van der Waals surface area contributed by atoms with Gasteiger partial charge in [0.2, 0.25) is 10.0 Å². The molecule has 2 saturated heterocycles. The van der Waals surface area contributed by atoms with E-state index in [9.17, 15) is 13.2 Å². The fourth-order valence-corrected chi connectivity index (χ4v) is 4.81. The average Bonchev–Trinajstić information content (AvgIpc) is 3.17. The number of halogens is 1. The average molecular weight is 402 g/mol. The van der Waals surface area contributed by atoms with Crippen LogP contribution in [0, 0.1) is 0 Å². The van der Waals surface area contributed by atoms with E-state index in [1.54, 1.807) is 17.0 Å². The number of urea groups is 1. The molecule has 0 radical (unpaired) electrons. The first-order valence-electron chi connectivity index (χ1n) is 8.81. The fourth-order valence-electron chi connectivity index (χ4n) is 3.26. The number of ether oxygens (including phenoxy) is 1. The molecule has 26 heavy (non-hydrogen) atoms. The zero-order chi connectivity index (χ0) is 18.7. The normalized spacial score (nSPS) is 23.0. The van der Waals surface area contributed by atoms with Crippen molar-refractivity contribution >= 4 is 27.7 Å². The number of carbonyl (C=O) groups is 1. The summed E-state index contributed by atoms with van der Waals surface area (Å²) < 4.78 is 32.3. The molecule has 144 valence electrons. The van der Waals surface area contributed by atoms with Gasteiger partial charge >= 0.3 is 6.03 Å². The van der Waals surface area contributed by atoms with Crippen LogP contribution >= 0.6 is 11.6 Å². The van der Waals surface area contributed by atoms with Gasteiger partial charge in [-0.2, -0.15) is 4.31 Å². The summed E-state index contributed by atoms with van der Waals surface area (Å²) in [6, 6.07) is 5.90. The molecule has 2 atom stereocenters. The van der Waals surface area contributed by atoms with E-state index in [1.807, 2.05) is 6.92 Å². The highest BCUT2D eigenvalue weighted by atomic mass is 35.5. The first-order chi connectivity index (χ1) is 12.4. The first kappa shape index (κ1) is 19.4. The predicted octanol–water partition coefficient (Wildman–Crippen LogP) is 1.92. The Labute approximate surface area is 159 Å². The number of sulfonamides is 1. The lowest BCUT2D eigenvalue weighted by molar-refractivity contribution is 0.0821. The second-order valence-electron chi connectivity index (χ2n) is 6.63. The Balaban J connectivity index is 1.54. The molecular weight excluding hydrogens is 378 g/mol. The number of benzene rings is 1. The van der Waals surface area contributed by atoms with Crippen molar-refractivity contribution in [2.24, 2.45) is 0 Å². The van der Waals surface area contributed by atoms with Gasteiger partial charge in [0.05, 0.1) is 17.0 Å². The van der Waals surface area contributed by atoms with Gasteiger partial charge in [-0.1, -0.05) is 11.6 Å². The third kappa shape index (κ3) is 4.31. The van der Waals surface area contributed by atoms with Gasteiger partial charge in [0, 0.05) is 37.8 Å². The Bertz CT molecular complexity index is 727. The molecule has 2 aliphatic heterocycles. The second-order valence-corrected chi connectivity index (χ2v) is 9.01. The van der Waals surface area contributed by atoms with E-state index in [0.717, 1.165) is 19.4 Å². The van der Waals surface area contributed by atoms with E-state index in [0.29, 0.717) is 18.1 Å². The van der Waals surface area contributed by atoms with Crippen LogP contribution in [0.1, 0.15) is 19.8 Å². The predicted molar refractivity (Wildman–Crippen MR) is 98.8 cm³/mol. The van der Waals surface area contributed by atoms with Crippen molar-refractivity contribution in [2.75, 3.05) is 32.8 Å². The topological polar surface area (TPSA) is 79.0 Å². The lowest BCUT2D eigenvalue weighted by Crippen LogP contribution is -2.55. The van der Waals surface area contributed by atoms with Crippen LogP contribution in [0.15, 0.2) is 29.2 Å². The summed E-state index contributed by atoms with van der Waals surface area (Å²) in [4.78, 5) is 14.3. The summed E-state index contributed by atoms with van der Waals surface area (Å²) in [5.74, 6) is 0. The number of hydrogen-bond donors (Lipinski definition) is 1. The van der Waals surface area contributed by atoms with Crippen LogP contribution in [-0.4, -0.2) is 68.6 Å². The van der Waals surface area contributed by atoms with E-state index in [1.165, 1.54) is 16.4 Å². The van der Waals surface area contributed by atoms with Crippen LogP contribution in [-0.2, 0) is 14.8 Å². The number of hydrogen-bond acceptors (Lipinski definition) is 4. The van der Waals surface area contributed by atoms with Crippen LogP contribution in [0.5, 0.6) is 0 Å². The number of nitrogens with zero attached hydrogens (tertiary/aromatic N) is 2. The number of amides is 2. The summed E-state index contributed by atoms with van der Waals surface area (Å²) in [5, 5.41) is 3.45. The smallest absolute Gasteiger partial charge is 0.317 e. The van der Waals surface area contributed by atoms with Gasteiger partial charge in [-0.3, -0.25) is 0 Å². The standard InChI is InChI=1S/C17H24ClN3O4S/c1-13(16-3-2-12-25-16)19-17(22)20-8-10-21(11-9-20)26(23,24)15-6-4-14(18)5-7-15/h4-7,13,16H,2-3,8-12H2,1H3,(H,19,22)/t13-,16+/m0/s1. The van der Waals surface area contributed by atoms with Crippen molar-refractivity contribution in [3.8, 4) is 0 Å². The molecule has 9 heteroatoms. The first-order valence-corrected chi connectivity index (χ1v) is 10.6. The number of piperazine rings is 1. The molecule has 0 aliphatic carbocycles. The van der Waals surface area contributed by atoms with Crippen molar-refractivity contribution < 1.29 is 17.9 Å². The van der Waals surface area contributed by atoms with Gasteiger partial charge in [-0.15, -0.1) is 0 Å². The Morgan fingerprint density at radius 3 is 2.46 bits per heavy atom. The van der Waals surface area contributed by atoms with Crippen LogP contribution in [0.25, 0.3) is 0 Å². The highest BCUT2D eigenvalue weighted by molar-refractivity contribution is 7.89. The molecule has 0 bridgehead atoms. The maximum atomic E-state index is 12.7. The highest BCUT2D eigenvalue weighted by Gasteiger charge is 2.31. The molecular formula is C17H24ClN3O4S. The Kier molecular flexibility index (Phi) is 6.06. The molecule has 0 aromatic heterocycles. The van der Waals surface area contributed by atoms with Gasteiger partial charge in [-0.05, 0) is 44.0 Å². The maximum absolute atomic E-state index is 12.7. The van der Waals surface area contributed by atoms with E-state index in [-0.39, 0.29) is 36.2 Å². The molecule has 0 saturated carbocycles. The number of rotatable bonds is 4. The minimum absolute atomic E-state index is 0.0548. The van der Waals surface area contributed by atoms with Gasteiger partial charge < -0.3 is 15.0 Å². The lowest BCUT2D eigenvalue weighted by Gasteiger charge is -2.35. The van der Waals surface area contributed by atoms with Crippen molar-refractivity contribution in [3.05, 3.63) is 29.3 Å². The Morgan fingerprint density at radius 2 is 1.88 bits per heavy atom. The minimum atomic E-state index is -3.57. The third-order valence-electron chi connectivity index (χ3n) is 4.85. The molecule has 2 heterocycles. The zero-order valence-electron chi connectivity index (χ0n) is 14.7. The zero-order valence-corrected chi connectivity index (χ0v) is 16.3. The molecule has 1 N–H and O–H groups in total. The summed E-state index contributed by atoms with van der Waals surface area (Å²) in [7, 11) is -3.57. The largest absolute Gasteiger partial charge is 0.376 e. The summed E-state index contributed by atoms with van der Waals surface area (Å²) in [5.41, 5.74) is 0. The minimum Gasteiger partial charge on any atom is -0.376 e. The third-order valence-corrected chi connectivity index (χ3v) is 7.02. The summed E-state index contributed by atoms with van der Waals surface area (Å²) in [6.45, 7) is 3.94. The molecule has 3 rings (SSSR count). The van der Waals surface area contributed by atoms with Crippen molar-refractivity contribution in [2.45, 2.75) is 36.8 Å². The molecule has 1 aromatic rings. The fraction of sp³-hybridized carbons (Fsp3) is 0.588. The Morgan fingerprint density at radius 1 is 1.23 bits per heavy atom. The molecule has 1 aromatic carbocycles. The molecule has 2 amide bonds. The van der Waals surface area contributed by atoms with E-state index in [4.69, 9.17) is 16.3 Å². The van der Waals surface area contributed by atoms with Crippen LogP contribution < -0.4 is 5.32 Å². The number of nitrogens with one attached hydrogen (secondary N) is 1. The van der Waals surface area contributed by atoms with Crippen LogP contribution in [0.4, 0.5) is 4.79 Å². The van der Waals surface area contributed by atoms with E-state index < -0.39 is 10.0 Å².